The van der Waals surface area contributed by atoms with E-state index in [0.29, 0.717) is 0 Å². The normalized spacial score (nSPS) is 14.1. The number of halogens is 2. The van der Waals surface area contributed by atoms with Crippen LogP contribution < -0.4 is 15.4 Å². The van der Waals surface area contributed by atoms with Crippen molar-refractivity contribution in [3.05, 3.63) is 23.8 Å². The Bertz CT molecular complexity index is 477. The molecule has 7 heteroatoms. The van der Waals surface area contributed by atoms with Crippen LogP contribution in [-0.2, 0) is 0 Å². The Morgan fingerprint density at radius 1 is 1.35 bits per heavy atom. The Labute approximate surface area is 94.8 Å². The molecule has 0 saturated heterocycles. The highest BCUT2D eigenvalue weighted by atomic mass is 19.3. The minimum Gasteiger partial charge on any atom is -0.488 e. The molecule has 1 N–H and O–H groups in total. The van der Waals surface area contributed by atoms with Crippen LogP contribution in [0.15, 0.2) is 18.2 Å². The molecular formula is C10H7F2N2O3. The van der Waals surface area contributed by atoms with Crippen LogP contribution >= 0.6 is 0 Å². The lowest BCUT2D eigenvalue weighted by Gasteiger charge is -2.15. The number of fused-ring (bicyclic) bond motifs is 1. The molecule has 0 unspecified atom stereocenters. The molecule has 0 aromatic heterocycles. The van der Waals surface area contributed by atoms with Gasteiger partial charge in [-0.25, -0.2) is 13.6 Å². The largest absolute Gasteiger partial charge is 0.488 e. The van der Waals surface area contributed by atoms with Gasteiger partial charge in [0.05, 0.1) is 11.3 Å². The number of hydrogen-bond acceptors (Lipinski definition) is 3. The van der Waals surface area contributed by atoms with Crippen molar-refractivity contribution in [2.24, 2.45) is 0 Å². The van der Waals surface area contributed by atoms with E-state index in [1.54, 1.807) is 0 Å². The van der Waals surface area contributed by atoms with E-state index in [9.17, 15) is 18.4 Å². The number of alkyl halides is 2. The molecule has 17 heavy (non-hydrogen) atoms. The number of ether oxygens (including phenoxy) is 1. The Morgan fingerprint density at radius 2 is 2.12 bits per heavy atom. The van der Waals surface area contributed by atoms with Crippen LogP contribution in [0.4, 0.5) is 19.3 Å². The summed E-state index contributed by atoms with van der Waals surface area (Å²) >= 11 is 0. The first kappa shape index (κ1) is 11.3. The zero-order valence-corrected chi connectivity index (χ0v) is 8.44. The molecule has 0 atom stereocenters. The number of carbonyl (C=O) groups excluding carboxylic acids is 2. The zero-order valence-electron chi connectivity index (χ0n) is 8.44. The highest BCUT2D eigenvalue weighted by Crippen LogP contribution is 2.24. The summed E-state index contributed by atoms with van der Waals surface area (Å²) in [6.45, 7) is -0.753. The highest BCUT2D eigenvalue weighted by Gasteiger charge is 2.23. The van der Waals surface area contributed by atoms with E-state index in [2.05, 4.69) is 5.32 Å². The number of benzene rings is 1. The van der Waals surface area contributed by atoms with Gasteiger partial charge in [0.25, 0.3) is 12.3 Å². The van der Waals surface area contributed by atoms with Crippen molar-refractivity contribution >= 4 is 17.6 Å². The topological polar surface area (TPSA) is 69.5 Å². The quantitative estimate of drug-likeness (QED) is 0.870. The van der Waals surface area contributed by atoms with E-state index in [-0.39, 0.29) is 17.0 Å². The first-order chi connectivity index (χ1) is 8.06. The highest BCUT2D eigenvalue weighted by molar-refractivity contribution is 6.12. The summed E-state index contributed by atoms with van der Waals surface area (Å²) in [6, 6.07) is 3.26. The molecular weight excluding hydrogens is 234 g/mol. The van der Waals surface area contributed by atoms with Gasteiger partial charge >= 0.3 is 6.03 Å². The van der Waals surface area contributed by atoms with Crippen LogP contribution in [0, 0.1) is 0 Å². The van der Waals surface area contributed by atoms with Gasteiger partial charge in [0.15, 0.2) is 0 Å². The third kappa shape index (κ3) is 2.49. The van der Waals surface area contributed by atoms with E-state index < -0.39 is 25.0 Å². The fourth-order valence-electron chi connectivity index (χ4n) is 1.35. The molecule has 1 aromatic carbocycles. The first-order valence-corrected chi connectivity index (χ1v) is 4.68. The molecule has 5 nitrogen and oxygen atoms in total. The van der Waals surface area contributed by atoms with Crippen LogP contribution in [0.1, 0.15) is 10.4 Å². The van der Waals surface area contributed by atoms with Gasteiger partial charge in [-0.1, -0.05) is 0 Å². The number of amides is 3. The number of nitrogens with one attached hydrogen (secondary N) is 1. The van der Waals surface area contributed by atoms with Crippen molar-refractivity contribution in [2.75, 3.05) is 6.61 Å². The van der Waals surface area contributed by atoms with Gasteiger partial charge in [-0.3, -0.25) is 10.1 Å². The number of nitrogens with zero attached hydrogens (tertiary/aromatic N) is 1. The summed E-state index contributed by atoms with van der Waals surface area (Å²) < 4.78 is 28.6. The number of carbonyl (C=O) groups is 2. The van der Waals surface area contributed by atoms with Gasteiger partial charge in [0, 0.05) is 0 Å². The molecule has 1 radical (unpaired) electrons. The molecule has 1 aromatic rings. The van der Waals surface area contributed by atoms with Gasteiger partial charge in [-0.15, -0.1) is 0 Å². The van der Waals surface area contributed by atoms with E-state index in [1.807, 2.05) is 5.32 Å². The van der Waals surface area contributed by atoms with Crippen molar-refractivity contribution in [2.45, 2.75) is 6.43 Å². The lowest BCUT2D eigenvalue weighted by Crippen LogP contribution is -2.38. The average molecular weight is 241 g/mol. The maximum atomic E-state index is 11.9. The second-order valence-electron chi connectivity index (χ2n) is 3.25. The summed E-state index contributed by atoms with van der Waals surface area (Å²) in [5, 5.41) is 5.54. The minimum atomic E-state index is -2.59. The van der Waals surface area contributed by atoms with Crippen LogP contribution in [0.5, 0.6) is 5.75 Å². The predicted octanol–water partition coefficient (Wildman–Crippen LogP) is 1.43. The van der Waals surface area contributed by atoms with E-state index in [1.165, 1.54) is 18.2 Å². The Kier molecular flexibility index (Phi) is 2.90. The molecule has 89 valence electrons. The van der Waals surface area contributed by atoms with Gasteiger partial charge in [-0.05, 0) is 18.2 Å². The Balaban J connectivity index is 2.21. The summed E-state index contributed by atoms with van der Waals surface area (Å²) in [5.41, 5.74) is 0.319. The minimum absolute atomic E-state index is 0.122. The molecule has 0 spiro atoms. The molecule has 1 aliphatic rings. The molecule has 0 bridgehead atoms. The predicted molar refractivity (Wildman–Crippen MR) is 52.6 cm³/mol. The second-order valence-corrected chi connectivity index (χ2v) is 3.25. The SMILES string of the molecule is O=C1[N]c2ccc(OCC(F)F)cc2C(=O)N1. The summed E-state index contributed by atoms with van der Waals surface area (Å²) in [7, 11) is 0. The maximum absolute atomic E-state index is 11.9. The first-order valence-electron chi connectivity index (χ1n) is 4.68. The van der Waals surface area contributed by atoms with E-state index in [4.69, 9.17) is 4.74 Å². The number of rotatable bonds is 3. The van der Waals surface area contributed by atoms with Gasteiger partial charge in [0.1, 0.15) is 12.4 Å². The summed E-state index contributed by atoms with van der Waals surface area (Å²) in [4.78, 5) is 22.3. The third-order valence-corrected chi connectivity index (χ3v) is 2.03. The second kappa shape index (κ2) is 4.36. The van der Waals surface area contributed by atoms with Gasteiger partial charge in [0.2, 0.25) is 0 Å². The molecule has 3 amide bonds. The van der Waals surface area contributed by atoms with Crippen LogP contribution in [0.25, 0.3) is 0 Å². The number of hydrogen-bond donors (Lipinski definition) is 1. The van der Waals surface area contributed by atoms with Crippen molar-refractivity contribution in [1.82, 2.24) is 10.6 Å². The molecule has 0 aliphatic carbocycles. The van der Waals surface area contributed by atoms with E-state index in [0.717, 1.165) is 0 Å². The summed E-state index contributed by atoms with van der Waals surface area (Å²) in [6.07, 6.45) is -2.59. The van der Waals surface area contributed by atoms with Crippen LogP contribution in [0.3, 0.4) is 0 Å². The van der Waals surface area contributed by atoms with Crippen molar-refractivity contribution in [1.29, 1.82) is 0 Å². The lowest BCUT2D eigenvalue weighted by atomic mass is 10.1. The fourth-order valence-corrected chi connectivity index (χ4v) is 1.35. The average Bonchev–Trinajstić information content (AvgIpc) is 2.26. The Morgan fingerprint density at radius 3 is 2.82 bits per heavy atom. The standard InChI is InChI=1S/C10H7F2N2O3/c11-8(12)4-17-5-1-2-7-6(3-5)9(15)14-10(16)13-7/h1-3,8H,4H2,(H,14,15,16). The molecule has 0 saturated carbocycles. The fraction of sp³-hybridized carbons (Fsp3) is 0.200. The summed E-state index contributed by atoms with van der Waals surface area (Å²) in [5.74, 6) is -0.494. The third-order valence-electron chi connectivity index (χ3n) is 2.03. The van der Waals surface area contributed by atoms with E-state index >= 15 is 0 Å². The smallest absolute Gasteiger partial charge is 0.348 e. The molecule has 1 aliphatic heterocycles. The molecule has 1 heterocycles. The molecule has 0 fully saturated rings. The van der Waals surface area contributed by atoms with Crippen molar-refractivity contribution in [3.63, 3.8) is 0 Å². The monoisotopic (exact) mass is 241 g/mol. The van der Waals surface area contributed by atoms with Gasteiger partial charge in [-0.2, -0.15) is 5.32 Å². The van der Waals surface area contributed by atoms with Gasteiger partial charge < -0.3 is 4.74 Å². The Hall–Kier alpha value is -2.18. The maximum Gasteiger partial charge on any atom is 0.348 e. The molecule has 2 rings (SSSR count). The van der Waals surface area contributed by atoms with Crippen LogP contribution in [0.2, 0.25) is 0 Å². The van der Waals surface area contributed by atoms with Crippen molar-refractivity contribution in [3.8, 4) is 5.75 Å². The number of imide groups is 1. The zero-order chi connectivity index (χ0) is 12.4. The van der Waals surface area contributed by atoms with Crippen molar-refractivity contribution < 1.29 is 23.1 Å². The number of urea groups is 1. The van der Waals surface area contributed by atoms with Crippen LogP contribution in [-0.4, -0.2) is 25.0 Å². The lowest BCUT2D eigenvalue weighted by molar-refractivity contribution is 0.0818.